The molecule has 0 unspecified atom stereocenters. The fraction of sp³-hybridized carbons (Fsp3) is 0.788. The zero-order valence-electron chi connectivity index (χ0n) is 28.1. The average molecular weight is 640 g/mol. The van der Waals surface area contributed by atoms with E-state index in [4.69, 9.17) is 4.74 Å². The van der Waals surface area contributed by atoms with E-state index in [1.54, 1.807) is 6.92 Å². The van der Waals surface area contributed by atoms with Crippen molar-refractivity contribution >= 4 is 29.7 Å². The maximum absolute atomic E-state index is 13.4. The van der Waals surface area contributed by atoms with Crippen LogP contribution in [0, 0.1) is 17.8 Å². The number of hydrogen-bond acceptors (Lipinski definition) is 9. The second kappa shape index (κ2) is 21.7. The molecular weight excluding hydrogens is 582 g/mol. The number of hydrogen-bond donors (Lipinski definition) is 4. The lowest BCUT2D eigenvalue weighted by Crippen LogP contribution is -2.56. The number of unbranched alkanes of at least 4 members (excludes halogenated alkanes) is 8. The van der Waals surface area contributed by atoms with Crippen molar-refractivity contribution in [3.8, 4) is 0 Å². The van der Waals surface area contributed by atoms with Crippen LogP contribution >= 0.6 is 0 Å². The highest BCUT2D eigenvalue weighted by molar-refractivity contribution is 5.94. The highest BCUT2D eigenvalue weighted by Gasteiger charge is 2.40. The average Bonchev–Trinajstić information content (AvgIpc) is 3.00. The summed E-state index contributed by atoms with van der Waals surface area (Å²) in [6, 6.07) is -2.73. The fourth-order valence-electron chi connectivity index (χ4n) is 5.32. The Morgan fingerprint density at radius 2 is 1.53 bits per heavy atom. The highest BCUT2D eigenvalue weighted by atomic mass is 16.6. The van der Waals surface area contributed by atoms with Gasteiger partial charge in [0.15, 0.2) is 12.1 Å². The van der Waals surface area contributed by atoms with E-state index in [2.05, 4.69) is 29.2 Å². The van der Waals surface area contributed by atoms with Crippen LogP contribution in [0.5, 0.6) is 0 Å². The predicted octanol–water partition coefficient (Wildman–Crippen LogP) is 2.64. The molecule has 1 heterocycles. The number of nitrogens with one attached hydrogen (secondary N) is 2. The number of amides is 3. The number of nitrogens with zero attached hydrogens (tertiary/aromatic N) is 1. The van der Waals surface area contributed by atoms with Crippen molar-refractivity contribution in [1.82, 2.24) is 15.5 Å². The molecule has 0 aliphatic carbocycles. The first-order valence-electron chi connectivity index (χ1n) is 16.4. The third-order valence-corrected chi connectivity index (χ3v) is 8.24. The number of rotatable bonds is 16. The van der Waals surface area contributed by atoms with Crippen LogP contribution in [0.3, 0.4) is 0 Å². The molecule has 0 aromatic carbocycles. The third-order valence-electron chi connectivity index (χ3n) is 8.24. The summed E-state index contributed by atoms with van der Waals surface area (Å²) in [4.78, 5) is 65.0. The molecule has 12 heteroatoms. The molecule has 0 aromatic heterocycles. The Labute approximate surface area is 268 Å². The Balaban J connectivity index is 3.00. The van der Waals surface area contributed by atoms with Crippen LogP contribution in [-0.2, 0) is 33.4 Å². The fourth-order valence-corrected chi connectivity index (χ4v) is 5.32. The van der Waals surface area contributed by atoms with Gasteiger partial charge in [0, 0.05) is 13.1 Å². The zero-order chi connectivity index (χ0) is 33.9. The summed E-state index contributed by atoms with van der Waals surface area (Å²) < 4.78 is 10.3. The molecule has 1 rings (SSSR count). The molecule has 1 aliphatic rings. The number of carbonyl (C=O) groups excluding carboxylic acids is 5. The molecule has 4 N–H and O–H groups in total. The zero-order valence-corrected chi connectivity index (χ0v) is 28.1. The minimum atomic E-state index is -2.09. The lowest BCUT2D eigenvalue weighted by atomic mass is 9.88. The minimum Gasteiger partial charge on any atom is -0.467 e. The summed E-state index contributed by atoms with van der Waals surface area (Å²) in [5.41, 5.74) is 0. The summed E-state index contributed by atoms with van der Waals surface area (Å²) in [7, 11) is 2.35. The number of likely N-dealkylation sites (N-methyl/N-ethyl adjacent to an activating group) is 1. The number of cyclic esters (lactones) is 1. The summed E-state index contributed by atoms with van der Waals surface area (Å²) in [6.45, 7) is 6.94. The smallest absolute Gasteiger partial charge is 0.337 e. The van der Waals surface area contributed by atoms with Gasteiger partial charge in [-0.3, -0.25) is 14.4 Å². The normalized spacial score (nSPS) is 24.2. The van der Waals surface area contributed by atoms with Crippen LogP contribution < -0.4 is 10.6 Å². The first-order valence-corrected chi connectivity index (χ1v) is 16.4. The number of aliphatic hydroxyl groups excluding tert-OH is 2. The number of carbonyl (C=O) groups is 5. The maximum Gasteiger partial charge on any atom is 0.337 e. The lowest BCUT2D eigenvalue weighted by molar-refractivity contribution is -0.169. The quantitative estimate of drug-likeness (QED) is 0.146. The molecule has 0 saturated heterocycles. The van der Waals surface area contributed by atoms with Crippen LogP contribution in [0.2, 0.25) is 0 Å². The maximum atomic E-state index is 13.4. The first-order chi connectivity index (χ1) is 21.3. The Morgan fingerprint density at radius 3 is 2.07 bits per heavy atom. The number of methoxy groups -OCH3 is 1. The van der Waals surface area contributed by atoms with Crippen LogP contribution in [0.1, 0.15) is 98.3 Å². The summed E-state index contributed by atoms with van der Waals surface area (Å²) >= 11 is 0. The van der Waals surface area contributed by atoms with E-state index in [0.717, 1.165) is 49.7 Å². The van der Waals surface area contributed by atoms with E-state index in [1.807, 2.05) is 6.92 Å². The standard InChI is InChI=1S/C33H57N3O9/c1-22(2)16-14-12-10-8-7-9-11-13-15-17-23(3)30-24(4)31(41)34-25(21-37)18-19-27(39)36(5)20-26(38)35-28(32(42)45-30)29(40)33(43)44-6/h18-19,22-25,28-30,37,40H,7-17,20-21H2,1-6H3,(H,34,41)(H,35,38)/b19-18+/t23-,24+,25-,28+,29+,30+/m0/s1. The predicted molar refractivity (Wildman–Crippen MR) is 170 cm³/mol. The molecule has 0 radical (unpaired) electrons. The molecule has 0 fully saturated rings. The van der Waals surface area contributed by atoms with Crippen molar-refractivity contribution in [2.75, 3.05) is 27.3 Å². The van der Waals surface area contributed by atoms with Crippen molar-refractivity contribution in [1.29, 1.82) is 0 Å². The van der Waals surface area contributed by atoms with Gasteiger partial charge in [-0.15, -0.1) is 0 Å². The largest absolute Gasteiger partial charge is 0.467 e. The Kier molecular flexibility index (Phi) is 19.3. The van der Waals surface area contributed by atoms with Crippen molar-refractivity contribution < 1.29 is 43.7 Å². The van der Waals surface area contributed by atoms with E-state index in [-0.39, 0.29) is 5.92 Å². The summed E-state index contributed by atoms with van der Waals surface area (Å²) in [5.74, 6) is -4.70. The van der Waals surface area contributed by atoms with E-state index in [0.29, 0.717) is 6.42 Å². The van der Waals surface area contributed by atoms with Gasteiger partial charge in [-0.05, 0) is 18.3 Å². The molecule has 12 nitrogen and oxygen atoms in total. The van der Waals surface area contributed by atoms with Gasteiger partial charge in [-0.1, -0.05) is 98.0 Å². The molecule has 3 amide bonds. The minimum absolute atomic E-state index is 0.297. The monoisotopic (exact) mass is 639 g/mol. The molecule has 258 valence electrons. The van der Waals surface area contributed by atoms with Gasteiger partial charge in [-0.2, -0.15) is 0 Å². The van der Waals surface area contributed by atoms with Crippen LogP contribution in [0.25, 0.3) is 0 Å². The Morgan fingerprint density at radius 1 is 0.978 bits per heavy atom. The van der Waals surface area contributed by atoms with E-state index in [1.165, 1.54) is 51.6 Å². The number of esters is 2. The van der Waals surface area contributed by atoms with Crippen LogP contribution in [-0.4, -0.2) is 96.4 Å². The van der Waals surface area contributed by atoms with Gasteiger partial charge < -0.3 is 35.2 Å². The van der Waals surface area contributed by atoms with Crippen LogP contribution in [0.15, 0.2) is 12.2 Å². The van der Waals surface area contributed by atoms with Crippen molar-refractivity contribution in [3.63, 3.8) is 0 Å². The van der Waals surface area contributed by atoms with Crippen LogP contribution in [0.4, 0.5) is 0 Å². The molecule has 0 spiro atoms. The number of aliphatic hydroxyl groups is 2. The third kappa shape index (κ3) is 15.2. The van der Waals surface area contributed by atoms with Gasteiger partial charge in [0.2, 0.25) is 17.7 Å². The number of ether oxygens (including phenoxy) is 2. The molecule has 0 aromatic rings. The molecule has 0 bridgehead atoms. The van der Waals surface area contributed by atoms with E-state index in [9.17, 15) is 34.2 Å². The highest BCUT2D eigenvalue weighted by Crippen LogP contribution is 2.25. The van der Waals surface area contributed by atoms with Gasteiger partial charge in [-0.25, -0.2) is 9.59 Å². The SMILES string of the molecule is COC(=O)[C@H](O)[C@H]1NC(=O)CN(C)C(=O)/C=C/[C@@H](CO)NC(=O)[C@H](C)[C@@H]([C@@H](C)CCCCCCCCCCCC(C)C)OC1=O. The molecule has 1 aliphatic heterocycles. The molecular formula is C33H57N3O9. The summed E-state index contributed by atoms with van der Waals surface area (Å²) in [5, 5.41) is 25.3. The lowest BCUT2D eigenvalue weighted by Gasteiger charge is -2.31. The topological polar surface area (TPSA) is 172 Å². The van der Waals surface area contributed by atoms with Gasteiger partial charge in [0.1, 0.15) is 6.10 Å². The van der Waals surface area contributed by atoms with Crippen molar-refractivity contribution in [3.05, 3.63) is 12.2 Å². The Bertz CT molecular complexity index is 971. The van der Waals surface area contributed by atoms with Gasteiger partial charge >= 0.3 is 11.9 Å². The van der Waals surface area contributed by atoms with E-state index < -0.39 is 73.0 Å². The van der Waals surface area contributed by atoms with Crippen molar-refractivity contribution in [2.24, 2.45) is 17.8 Å². The molecule has 45 heavy (non-hydrogen) atoms. The van der Waals surface area contributed by atoms with Crippen molar-refractivity contribution in [2.45, 2.75) is 123 Å². The second-order valence-electron chi connectivity index (χ2n) is 12.7. The molecule has 0 saturated carbocycles. The Hall–Kier alpha value is -2.99. The van der Waals surface area contributed by atoms with Gasteiger partial charge in [0.25, 0.3) is 0 Å². The van der Waals surface area contributed by atoms with E-state index >= 15 is 0 Å². The first kappa shape index (κ1) is 40.0. The summed E-state index contributed by atoms with van der Waals surface area (Å²) in [6.07, 6.45) is 11.6. The second-order valence-corrected chi connectivity index (χ2v) is 12.7. The molecule has 6 atom stereocenters. The van der Waals surface area contributed by atoms with Gasteiger partial charge in [0.05, 0.1) is 32.2 Å².